The second kappa shape index (κ2) is 11.0. The van der Waals surface area contributed by atoms with E-state index in [4.69, 9.17) is 9.47 Å². The predicted molar refractivity (Wildman–Crippen MR) is 118 cm³/mol. The van der Waals surface area contributed by atoms with Gasteiger partial charge in [0.15, 0.2) is 0 Å². The zero-order chi connectivity index (χ0) is 22.1. The number of esters is 1. The van der Waals surface area contributed by atoms with Crippen molar-refractivity contribution in [3.8, 4) is 0 Å². The van der Waals surface area contributed by atoms with Crippen LogP contribution in [0.1, 0.15) is 75.3 Å². The summed E-state index contributed by atoms with van der Waals surface area (Å²) in [6.45, 7) is 9.17. The van der Waals surface area contributed by atoms with E-state index in [2.05, 4.69) is 17.3 Å². The first-order valence-electron chi connectivity index (χ1n) is 10.7. The smallest absolute Gasteiger partial charge is 0.407 e. The average Bonchev–Trinajstić information content (AvgIpc) is 2.99. The molecule has 30 heavy (non-hydrogen) atoms. The number of alkyl carbamates (subject to hydrolysis) is 1. The van der Waals surface area contributed by atoms with Gasteiger partial charge in [-0.15, -0.1) is 0 Å². The number of ether oxygens (including phenoxy) is 2. The lowest BCUT2D eigenvalue weighted by molar-refractivity contribution is 0.0525. The lowest BCUT2D eigenvalue weighted by atomic mass is 10.1. The third kappa shape index (κ3) is 7.35. The van der Waals surface area contributed by atoms with Gasteiger partial charge in [-0.25, -0.2) is 9.59 Å². The van der Waals surface area contributed by atoms with Gasteiger partial charge in [0, 0.05) is 24.2 Å². The van der Waals surface area contributed by atoms with E-state index in [0.29, 0.717) is 12.1 Å². The summed E-state index contributed by atoms with van der Waals surface area (Å²) in [7, 11) is 1.38. The fraction of sp³-hybridized carbons (Fsp3) is 0.609. The number of aryl methyl sites for hydroxylation is 2. The molecule has 2 aromatic rings. The van der Waals surface area contributed by atoms with Crippen molar-refractivity contribution >= 4 is 23.0 Å². The number of hydrogen-bond donors (Lipinski definition) is 1. The first kappa shape index (κ1) is 23.7. The molecular formula is C23H35N3O4. The van der Waals surface area contributed by atoms with Gasteiger partial charge in [0.05, 0.1) is 18.2 Å². The number of nitrogens with one attached hydrogen (secondary N) is 1. The normalized spacial score (nSPS) is 11.5. The maximum absolute atomic E-state index is 11.7. The molecule has 2 rings (SSSR count). The third-order valence-electron chi connectivity index (χ3n) is 4.89. The molecule has 0 saturated carbocycles. The highest BCUT2D eigenvalue weighted by Gasteiger charge is 2.15. The summed E-state index contributed by atoms with van der Waals surface area (Å²) in [4.78, 5) is 23.3. The Kier molecular flexibility index (Phi) is 8.69. The fourth-order valence-electron chi connectivity index (χ4n) is 3.33. The van der Waals surface area contributed by atoms with E-state index in [9.17, 15) is 9.59 Å². The molecule has 0 aliphatic heterocycles. The first-order chi connectivity index (χ1) is 14.2. The number of carbonyl (C=O) groups excluding carboxylic acids is 2. The monoisotopic (exact) mass is 417 g/mol. The molecule has 0 atom stereocenters. The maximum Gasteiger partial charge on any atom is 0.407 e. The molecule has 1 aromatic heterocycles. The van der Waals surface area contributed by atoms with Crippen molar-refractivity contribution in [3.05, 3.63) is 29.5 Å². The van der Waals surface area contributed by atoms with Crippen LogP contribution in [0.3, 0.4) is 0 Å². The summed E-state index contributed by atoms with van der Waals surface area (Å²) < 4.78 is 12.0. The number of amides is 1. The van der Waals surface area contributed by atoms with Crippen LogP contribution in [0.4, 0.5) is 4.79 Å². The van der Waals surface area contributed by atoms with Gasteiger partial charge in [-0.1, -0.05) is 31.7 Å². The van der Waals surface area contributed by atoms with E-state index >= 15 is 0 Å². The number of rotatable bonds is 10. The second-order valence-corrected chi connectivity index (χ2v) is 8.58. The van der Waals surface area contributed by atoms with E-state index in [1.807, 2.05) is 31.5 Å². The Morgan fingerprint density at radius 3 is 2.40 bits per heavy atom. The van der Waals surface area contributed by atoms with Crippen LogP contribution in [0.25, 0.3) is 10.9 Å². The van der Waals surface area contributed by atoms with E-state index in [0.717, 1.165) is 55.2 Å². The molecule has 7 nitrogen and oxygen atoms in total. The number of fused-ring (bicyclic) bond motifs is 1. The summed E-state index contributed by atoms with van der Waals surface area (Å²) >= 11 is 0. The zero-order valence-electron chi connectivity index (χ0n) is 18.9. The van der Waals surface area contributed by atoms with E-state index in [1.165, 1.54) is 13.5 Å². The van der Waals surface area contributed by atoms with Crippen molar-refractivity contribution in [1.29, 1.82) is 0 Å². The van der Waals surface area contributed by atoms with Gasteiger partial charge in [-0.3, -0.25) is 4.68 Å². The van der Waals surface area contributed by atoms with Crippen LogP contribution >= 0.6 is 0 Å². The second-order valence-electron chi connectivity index (χ2n) is 8.58. The molecule has 0 saturated heterocycles. The number of methoxy groups -OCH3 is 1. The summed E-state index contributed by atoms with van der Waals surface area (Å²) in [6, 6.07) is 5.51. The molecule has 1 amide bonds. The summed E-state index contributed by atoms with van der Waals surface area (Å²) in [6.07, 6.45) is 6.24. The highest BCUT2D eigenvalue weighted by Crippen LogP contribution is 2.20. The Morgan fingerprint density at radius 1 is 1.07 bits per heavy atom. The maximum atomic E-state index is 11.7. The van der Waals surface area contributed by atoms with Crippen LogP contribution < -0.4 is 5.32 Å². The fourth-order valence-corrected chi connectivity index (χ4v) is 3.33. The Labute approximate surface area is 179 Å². The summed E-state index contributed by atoms with van der Waals surface area (Å²) in [5, 5.41) is 8.51. The third-order valence-corrected chi connectivity index (χ3v) is 4.89. The van der Waals surface area contributed by atoms with Crippen LogP contribution in [0.2, 0.25) is 0 Å². The number of benzene rings is 1. The van der Waals surface area contributed by atoms with Crippen molar-refractivity contribution in [3.63, 3.8) is 0 Å². The van der Waals surface area contributed by atoms with Crippen LogP contribution in [0, 0.1) is 6.92 Å². The minimum absolute atomic E-state index is 0.342. The lowest BCUT2D eigenvalue weighted by Gasteiger charge is -2.19. The number of hydrogen-bond acceptors (Lipinski definition) is 5. The summed E-state index contributed by atoms with van der Waals surface area (Å²) in [5.41, 5.74) is 2.02. The highest BCUT2D eigenvalue weighted by atomic mass is 16.6. The van der Waals surface area contributed by atoms with Gasteiger partial charge < -0.3 is 14.8 Å². The van der Waals surface area contributed by atoms with E-state index in [-0.39, 0.29) is 12.1 Å². The Bertz CT molecular complexity index is 852. The molecular weight excluding hydrogens is 382 g/mol. The standard InChI is InChI=1S/C23H35N3O4/c1-17-19-13-12-18(21(27)29-5)16-20(19)25-26(17)15-11-9-7-6-8-10-14-24-22(28)30-23(2,3)4/h12-13,16H,6-11,14-15H2,1-5H3,(H,24,28). The highest BCUT2D eigenvalue weighted by molar-refractivity contribution is 5.94. The number of aromatic nitrogens is 2. The molecule has 0 aliphatic carbocycles. The van der Waals surface area contributed by atoms with Gasteiger partial charge in [-0.05, 0) is 52.7 Å². The van der Waals surface area contributed by atoms with Crippen LogP contribution in [-0.2, 0) is 16.0 Å². The van der Waals surface area contributed by atoms with Gasteiger partial charge in [0.1, 0.15) is 5.60 Å². The van der Waals surface area contributed by atoms with Crippen molar-refractivity contribution in [1.82, 2.24) is 15.1 Å². The molecule has 0 aliphatic rings. The molecule has 1 N–H and O–H groups in total. The van der Waals surface area contributed by atoms with E-state index in [1.54, 1.807) is 12.1 Å². The number of carbonyl (C=O) groups is 2. The van der Waals surface area contributed by atoms with Crippen molar-refractivity contribution in [2.75, 3.05) is 13.7 Å². The van der Waals surface area contributed by atoms with Crippen molar-refractivity contribution < 1.29 is 19.1 Å². The van der Waals surface area contributed by atoms with E-state index < -0.39 is 5.60 Å². The minimum Gasteiger partial charge on any atom is -0.465 e. The largest absolute Gasteiger partial charge is 0.465 e. The SMILES string of the molecule is COC(=O)c1ccc2c(C)n(CCCCCCCCNC(=O)OC(C)(C)C)nc2c1. The van der Waals surface area contributed by atoms with Crippen LogP contribution in [0.15, 0.2) is 18.2 Å². The molecule has 0 spiro atoms. The lowest BCUT2D eigenvalue weighted by Crippen LogP contribution is -2.32. The van der Waals surface area contributed by atoms with Crippen LogP contribution in [-0.4, -0.2) is 41.1 Å². The van der Waals surface area contributed by atoms with Gasteiger partial charge in [0.25, 0.3) is 0 Å². The Balaban J connectivity index is 1.64. The molecule has 0 fully saturated rings. The van der Waals surface area contributed by atoms with Crippen molar-refractivity contribution in [2.45, 2.75) is 78.4 Å². The molecule has 0 radical (unpaired) electrons. The molecule has 0 unspecified atom stereocenters. The molecule has 7 heteroatoms. The summed E-state index contributed by atoms with van der Waals surface area (Å²) in [5.74, 6) is -0.342. The van der Waals surface area contributed by atoms with Gasteiger partial charge >= 0.3 is 12.1 Å². The zero-order valence-corrected chi connectivity index (χ0v) is 18.9. The van der Waals surface area contributed by atoms with Crippen LogP contribution in [0.5, 0.6) is 0 Å². The molecule has 1 heterocycles. The minimum atomic E-state index is -0.452. The first-order valence-corrected chi connectivity index (χ1v) is 10.7. The topological polar surface area (TPSA) is 82.5 Å². The number of unbranched alkanes of at least 4 members (excludes halogenated alkanes) is 5. The molecule has 166 valence electrons. The Hall–Kier alpha value is -2.57. The van der Waals surface area contributed by atoms with Crippen molar-refractivity contribution in [2.24, 2.45) is 0 Å². The predicted octanol–water partition coefficient (Wildman–Crippen LogP) is 5.00. The molecule has 1 aromatic carbocycles. The average molecular weight is 418 g/mol. The van der Waals surface area contributed by atoms with Gasteiger partial charge in [-0.2, -0.15) is 5.10 Å². The van der Waals surface area contributed by atoms with Gasteiger partial charge in [0.2, 0.25) is 0 Å². The quantitative estimate of drug-likeness (QED) is 0.435. The molecule has 0 bridgehead atoms. The number of nitrogens with zero attached hydrogens (tertiary/aromatic N) is 2. The Morgan fingerprint density at radius 2 is 1.73 bits per heavy atom.